The molecule has 1 aromatic heterocycles. The predicted molar refractivity (Wildman–Crippen MR) is 87.7 cm³/mol. The number of hydrogen-bond acceptors (Lipinski definition) is 2. The van der Waals surface area contributed by atoms with Crippen molar-refractivity contribution < 1.29 is 0 Å². The van der Waals surface area contributed by atoms with E-state index in [9.17, 15) is 0 Å². The lowest BCUT2D eigenvalue weighted by Crippen LogP contribution is -2.27. The summed E-state index contributed by atoms with van der Waals surface area (Å²) in [5.74, 6) is 0. The van der Waals surface area contributed by atoms with Gasteiger partial charge in [0.25, 0.3) is 0 Å². The highest BCUT2D eigenvalue weighted by molar-refractivity contribution is 5.65. The van der Waals surface area contributed by atoms with Gasteiger partial charge in [-0.15, -0.1) is 0 Å². The average Bonchev–Trinajstić information content (AvgIpc) is 2.69. The second kappa shape index (κ2) is 5.64. The van der Waals surface area contributed by atoms with E-state index in [1.165, 1.54) is 28.1 Å². The van der Waals surface area contributed by atoms with E-state index in [1.54, 1.807) is 0 Å². The number of aromatic nitrogens is 2. The van der Waals surface area contributed by atoms with E-state index in [1.807, 2.05) is 0 Å². The largest absolute Gasteiger partial charge is 0.314 e. The molecule has 21 heavy (non-hydrogen) atoms. The first-order valence-corrected chi connectivity index (χ1v) is 7.97. The average molecular weight is 283 g/mol. The highest BCUT2D eigenvalue weighted by atomic mass is 15.3. The maximum Gasteiger partial charge on any atom is 0.0720 e. The van der Waals surface area contributed by atoms with Crippen LogP contribution in [0.1, 0.15) is 43.6 Å². The van der Waals surface area contributed by atoms with Crippen molar-refractivity contribution in [2.75, 3.05) is 6.54 Å². The van der Waals surface area contributed by atoms with Gasteiger partial charge in [-0.3, -0.25) is 4.68 Å². The molecule has 3 nitrogen and oxygen atoms in total. The third-order valence-corrected chi connectivity index (χ3v) is 4.27. The smallest absolute Gasteiger partial charge is 0.0720 e. The van der Waals surface area contributed by atoms with Crippen molar-refractivity contribution in [2.45, 2.75) is 52.6 Å². The van der Waals surface area contributed by atoms with Crippen LogP contribution >= 0.6 is 0 Å². The summed E-state index contributed by atoms with van der Waals surface area (Å²) in [6, 6.07) is 9.73. The highest BCUT2D eigenvalue weighted by Crippen LogP contribution is 2.31. The Balaban J connectivity index is 2.15. The standard InChI is InChI=1S/C18H25N3/c1-12(2)21-18(15-7-5-13(3)6-8-15)16-9-10-19-14(4)11-17(16)20-21/h5-8,12,14,19H,9-11H2,1-4H3. The van der Waals surface area contributed by atoms with Gasteiger partial charge in [-0.25, -0.2) is 0 Å². The van der Waals surface area contributed by atoms with Crippen LogP contribution in [0.25, 0.3) is 11.3 Å². The summed E-state index contributed by atoms with van der Waals surface area (Å²) < 4.78 is 2.22. The third kappa shape index (κ3) is 2.75. The van der Waals surface area contributed by atoms with Crippen molar-refractivity contribution in [3.63, 3.8) is 0 Å². The van der Waals surface area contributed by atoms with Gasteiger partial charge in [0.1, 0.15) is 0 Å². The summed E-state index contributed by atoms with van der Waals surface area (Å²) in [4.78, 5) is 0. The van der Waals surface area contributed by atoms with Crippen molar-refractivity contribution in [1.82, 2.24) is 15.1 Å². The van der Waals surface area contributed by atoms with Crippen molar-refractivity contribution in [1.29, 1.82) is 0 Å². The van der Waals surface area contributed by atoms with E-state index < -0.39 is 0 Å². The maximum atomic E-state index is 4.94. The zero-order valence-corrected chi connectivity index (χ0v) is 13.5. The Bertz CT molecular complexity index is 623. The minimum atomic E-state index is 0.386. The minimum absolute atomic E-state index is 0.386. The van der Waals surface area contributed by atoms with Gasteiger partial charge in [-0.05, 0) is 40.7 Å². The summed E-state index contributed by atoms with van der Waals surface area (Å²) in [5, 5.41) is 8.50. The summed E-state index contributed by atoms with van der Waals surface area (Å²) in [6.07, 6.45) is 2.09. The normalized spacial score (nSPS) is 18.6. The van der Waals surface area contributed by atoms with Gasteiger partial charge in [-0.1, -0.05) is 29.8 Å². The van der Waals surface area contributed by atoms with Gasteiger partial charge in [0, 0.05) is 29.6 Å². The van der Waals surface area contributed by atoms with Crippen molar-refractivity contribution >= 4 is 0 Å². The molecule has 1 N–H and O–H groups in total. The molecule has 0 spiro atoms. The number of aryl methyl sites for hydroxylation is 1. The molecule has 112 valence electrons. The Hall–Kier alpha value is -1.61. The Labute approximate surface area is 127 Å². The van der Waals surface area contributed by atoms with Crippen molar-refractivity contribution in [3.8, 4) is 11.3 Å². The lowest BCUT2D eigenvalue weighted by Gasteiger charge is -2.14. The summed E-state index contributed by atoms with van der Waals surface area (Å²) in [5.41, 5.74) is 6.62. The van der Waals surface area contributed by atoms with Crippen molar-refractivity contribution in [3.05, 3.63) is 41.1 Å². The molecule has 1 aromatic carbocycles. The van der Waals surface area contributed by atoms with Gasteiger partial charge in [0.05, 0.1) is 11.4 Å². The van der Waals surface area contributed by atoms with E-state index in [-0.39, 0.29) is 0 Å². The Morgan fingerprint density at radius 3 is 2.62 bits per heavy atom. The molecule has 0 amide bonds. The first kappa shape index (κ1) is 14.3. The van der Waals surface area contributed by atoms with Crippen LogP contribution in [0.15, 0.2) is 24.3 Å². The molecule has 2 heterocycles. The molecule has 0 saturated carbocycles. The Morgan fingerprint density at radius 2 is 1.95 bits per heavy atom. The molecule has 1 unspecified atom stereocenters. The van der Waals surface area contributed by atoms with E-state index in [0.717, 1.165) is 19.4 Å². The Morgan fingerprint density at radius 1 is 1.24 bits per heavy atom. The molecule has 1 atom stereocenters. The molecule has 0 fully saturated rings. The van der Waals surface area contributed by atoms with Gasteiger partial charge >= 0.3 is 0 Å². The zero-order chi connectivity index (χ0) is 15.0. The van der Waals surface area contributed by atoms with Crippen LogP contribution < -0.4 is 5.32 Å². The van der Waals surface area contributed by atoms with E-state index in [2.05, 4.69) is 62.0 Å². The molecule has 0 radical (unpaired) electrons. The molecule has 1 aliphatic rings. The van der Waals surface area contributed by atoms with Crippen LogP contribution in [-0.2, 0) is 12.8 Å². The second-order valence-corrected chi connectivity index (χ2v) is 6.49. The molecule has 3 rings (SSSR count). The molecule has 3 heteroatoms. The second-order valence-electron chi connectivity index (χ2n) is 6.49. The van der Waals surface area contributed by atoms with Gasteiger partial charge in [0.15, 0.2) is 0 Å². The van der Waals surface area contributed by atoms with Crippen LogP contribution in [0.3, 0.4) is 0 Å². The van der Waals surface area contributed by atoms with Crippen LogP contribution in [0, 0.1) is 6.92 Å². The number of benzene rings is 1. The molecular formula is C18H25N3. The van der Waals surface area contributed by atoms with Crippen LogP contribution in [0.5, 0.6) is 0 Å². The molecule has 0 bridgehead atoms. The summed E-state index contributed by atoms with van der Waals surface area (Å²) >= 11 is 0. The number of nitrogens with zero attached hydrogens (tertiary/aromatic N) is 2. The molecule has 0 aliphatic carbocycles. The molecular weight excluding hydrogens is 258 g/mol. The van der Waals surface area contributed by atoms with E-state index in [4.69, 9.17) is 5.10 Å². The SMILES string of the molecule is Cc1ccc(-c2c3c(nn2C(C)C)CC(C)NCC3)cc1. The van der Waals surface area contributed by atoms with Gasteiger partial charge < -0.3 is 5.32 Å². The number of hydrogen-bond donors (Lipinski definition) is 1. The number of fused-ring (bicyclic) bond motifs is 1. The first-order chi connectivity index (χ1) is 10.1. The van der Waals surface area contributed by atoms with Gasteiger partial charge in [0.2, 0.25) is 0 Å². The lowest BCUT2D eigenvalue weighted by molar-refractivity contribution is 0.514. The Kier molecular flexibility index (Phi) is 3.85. The first-order valence-electron chi connectivity index (χ1n) is 7.97. The summed E-state index contributed by atoms with van der Waals surface area (Å²) in [6.45, 7) is 9.85. The van der Waals surface area contributed by atoms with E-state index in [0.29, 0.717) is 12.1 Å². The number of nitrogens with one attached hydrogen (secondary N) is 1. The quantitative estimate of drug-likeness (QED) is 0.914. The highest BCUT2D eigenvalue weighted by Gasteiger charge is 2.23. The molecule has 2 aromatic rings. The zero-order valence-electron chi connectivity index (χ0n) is 13.5. The predicted octanol–water partition coefficient (Wildman–Crippen LogP) is 3.52. The van der Waals surface area contributed by atoms with Gasteiger partial charge in [-0.2, -0.15) is 5.10 Å². The monoisotopic (exact) mass is 283 g/mol. The minimum Gasteiger partial charge on any atom is -0.314 e. The van der Waals surface area contributed by atoms with E-state index >= 15 is 0 Å². The van der Waals surface area contributed by atoms with Crippen molar-refractivity contribution in [2.24, 2.45) is 0 Å². The fourth-order valence-electron chi connectivity index (χ4n) is 3.14. The topological polar surface area (TPSA) is 29.9 Å². The lowest BCUT2D eigenvalue weighted by atomic mass is 10.0. The summed E-state index contributed by atoms with van der Waals surface area (Å²) in [7, 11) is 0. The third-order valence-electron chi connectivity index (χ3n) is 4.27. The fourth-order valence-corrected chi connectivity index (χ4v) is 3.14. The number of rotatable bonds is 2. The van der Waals surface area contributed by atoms with Crippen LogP contribution in [-0.4, -0.2) is 22.4 Å². The molecule has 1 aliphatic heterocycles. The molecule has 0 saturated heterocycles. The fraction of sp³-hybridized carbons (Fsp3) is 0.500. The van der Waals surface area contributed by atoms with Crippen LogP contribution in [0.2, 0.25) is 0 Å². The van der Waals surface area contributed by atoms with Crippen LogP contribution in [0.4, 0.5) is 0 Å². The maximum absolute atomic E-state index is 4.94.